The molecule has 0 aromatic heterocycles. The molecule has 13 heavy (non-hydrogen) atoms. The first-order chi connectivity index (χ1) is 6.24. The lowest BCUT2D eigenvalue weighted by Gasteiger charge is -2.05. The highest BCUT2D eigenvalue weighted by molar-refractivity contribution is 5.74. The number of hydrogen-bond donors (Lipinski definition) is 0. The summed E-state index contributed by atoms with van der Waals surface area (Å²) >= 11 is 0. The lowest BCUT2D eigenvalue weighted by molar-refractivity contribution is -0.144. The maximum Gasteiger partial charge on any atom is 0.309 e. The van der Waals surface area contributed by atoms with Gasteiger partial charge in [0.15, 0.2) is 0 Å². The minimum absolute atomic E-state index is 0.0438. The molecule has 2 heteroatoms. The molecule has 0 amide bonds. The smallest absolute Gasteiger partial charge is 0.309 e. The largest absolute Gasteiger partial charge is 0.462 e. The molecule has 0 aromatic carbocycles. The Hall–Kier alpha value is -1.05. The summed E-state index contributed by atoms with van der Waals surface area (Å²) in [6, 6.07) is 0. The average molecular weight is 180 g/mol. The van der Waals surface area contributed by atoms with Gasteiger partial charge in [-0.15, -0.1) is 0 Å². The van der Waals surface area contributed by atoms with E-state index in [0.717, 1.165) is 19.3 Å². The highest BCUT2D eigenvalue weighted by atomic mass is 16.5. The maximum absolute atomic E-state index is 11.0. The average Bonchev–Trinajstić information content (AvgIpc) is 2.41. The van der Waals surface area contributed by atoms with E-state index >= 15 is 0 Å². The molecule has 0 aliphatic carbocycles. The lowest BCUT2D eigenvalue weighted by atomic mass is 10.0. The van der Waals surface area contributed by atoms with Crippen LogP contribution < -0.4 is 0 Å². The maximum atomic E-state index is 11.0. The third-order valence-corrected chi connectivity index (χ3v) is 2.23. The van der Waals surface area contributed by atoms with Gasteiger partial charge in [0.1, 0.15) is 6.10 Å². The van der Waals surface area contributed by atoms with Crippen LogP contribution in [0.25, 0.3) is 0 Å². The molecule has 0 bridgehead atoms. The lowest BCUT2D eigenvalue weighted by Crippen LogP contribution is -2.05. The molecule has 72 valence electrons. The number of hydrogen-bond acceptors (Lipinski definition) is 2. The van der Waals surface area contributed by atoms with Crippen molar-refractivity contribution in [2.75, 3.05) is 0 Å². The van der Waals surface area contributed by atoms with Crippen molar-refractivity contribution in [2.24, 2.45) is 5.92 Å². The number of carbonyl (C=O) groups excluding carboxylic acids is 1. The Morgan fingerprint density at radius 1 is 1.69 bits per heavy atom. The van der Waals surface area contributed by atoms with Gasteiger partial charge >= 0.3 is 5.97 Å². The Balaban J connectivity index is 2.20. The zero-order valence-electron chi connectivity index (χ0n) is 8.03. The Bertz CT molecular complexity index is 218. The van der Waals surface area contributed by atoms with Crippen LogP contribution in [0.15, 0.2) is 24.8 Å². The van der Waals surface area contributed by atoms with Crippen LogP contribution in [0.3, 0.4) is 0 Å². The Morgan fingerprint density at radius 3 is 3.00 bits per heavy atom. The van der Waals surface area contributed by atoms with Crippen molar-refractivity contribution in [3.63, 3.8) is 0 Å². The zero-order chi connectivity index (χ0) is 9.68. The molecule has 1 fully saturated rings. The van der Waals surface area contributed by atoms with Crippen LogP contribution in [-0.4, -0.2) is 12.1 Å². The highest BCUT2D eigenvalue weighted by Crippen LogP contribution is 2.23. The third kappa shape index (κ3) is 3.05. The van der Waals surface area contributed by atoms with Crippen molar-refractivity contribution in [2.45, 2.75) is 32.3 Å². The monoisotopic (exact) mass is 180 g/mol. The second-order valence-electron chi connectivity index (χ2n) is 3.44. The van der Waals surface area contributed by atoms with Gasteiger partial charge in [-0.05, 0) is 19.3 Å². The quantitative estimate of drug-likeness (QED) is 0.490. The first kappa shape index (κ1) is 10.0. The minimum Gasteiger partial charge on any atom is -0.462 e. The van der Waals surface area contributed by atoms with E-state index in [9.17, 15) is 4.79 Å². The van der Waals surface area contributed by atoms with E-state index in [0.29, 0.717) is 0 Å². The molecule has 0 unspecified atom stereocenters. The van der Waals surface area contributed by atoms with Crippen LogP contribution in [0.1, 0.15) is 26.2 Å². The van der Waals surface area contributed by atoms with Crippen molar-refractivity contribution in [3.05, 3.63) is 24.8 Å². The van der Waals surface area contributed by atoms with Crippen LogP contribution in [0.4, 0.5) is 0 Å². The van der Waals surface area contributed by atoms with E-state index in [-0.39, 0.29) is 18.0 Å². The Labute approximate surface area is 79.3 Å². The van der Waals surface area contributed by atoms with Crippen molar-refractivity contribution < 1.29 is 9.53 Å². The van der Waals surface area contributed by atoms with Crippen molar-refractivity contribution >= 4 is 5.97 Å². The number of ether oxygens (including phenoxy) is 1. The SMILES string of the molecule is C=C/C=C/CC[C@@H]1C[C@@H](C)C(=O)O1. The summed E-state index contributed by atoms with van der Waals surface area (Å²) in [4.78, 5) is 11.0. The molecule has 1 rings (SSSR count). The van der Waals surface area contributed by atoms with Gasteiger partial charge in [0.25, 0.3) is 0 Å². The van der Waals surface area contributed by atoms with Gasteiger partial charge in [-0.2, -0.15) is 0 Å². The minimum atomic E-state index is -0.0438. The van der Waals surface area contributed by atoms with E-state index in [1.807, 2.05) is 19.1 Å². The first-order valence-electron chi connectivity index (χ1n) is 4.72. The molecular formula is C11H16O2. The third-order valence-electron chi connectivity index (χ3n) is 2.23. The standard InChI is InChI=1S/C11H16O2/c1-3-4-5-6-7-10-8-9(2)11(12)13-10/h3-5,9-10H,1,6-8H2,2H3/b5-4+/t9-,10-/m1/s1. The fraction of sp³-hybridized carbons (Fsp3) is 0.545. The number of cyclic esters (lactones) is 1. The molecule has 0 saturated carbocycles. The van der Waals surface area contributed by atoms with Gasteiger partial charge in [0, 0.05) is 0 Å². The molecule has 1 aliphatic rings. The number of carbonyl (C=O) groups is 1. The Morgan fingerprint density at radius 2 is 2.46 bits per heavy atom. The molecule has 2 nitrogen and oxygen atoms in total. The summed E-state index contributed by atoms with van der Waals surface area (Å²) in [5.74, 6) is 0.0473. The van der Waals surface area contributed by atoms with Gasteiger partial charge < -0.3 is 4.74 Å². The van der Waals surface area contributed by atoms with Gasteiger partial charge in [-0.3, -0.25) is 4.79 Å². The summed E-state index contributed by atoms with van der Waals surface area (Å²) in [5, 5.41) is 0. The molecule has 2 atom stereocenters. The normalized spacial score (nSPS) is 27.9. The summed E-state index contributed by atoms with van der Waals surface area (Å²) in [7, 11) is 0. The number of esters is 1. The highest BCUT2D eigenvalue weighted by Gasteiger charge is 2.29. The van der Waals surface area contributed by atoms with Crippen LogP contribution in [-0.2, 0) is 9.53 Å². The second kappa shape index (κ2) is 4.85. The number of allylic oxidation sites excluding steroid dienone is 3. The van der Waals surface area contributed by atoms with E-state index in [1.54, 1.807) is 6.08 Å². The van der Waals surface area contributed by atoms with Crippen LogP contribution in [0.5, 0.6) is 0 Å². The second-order valence-corrected chi connectivity index (χ2v) is 3.44. The molecule has 1 heterocycles. The fourth-order valence-corrected chi connectivity index (χ4v) is 1.47. The van der Waals surface area contributed by atoms with E-state index in [4.69, 9.17) is 4.74 Å². The number of rotatable bonds is 4. The summed E-state index contributed by atoms with van der Waals surface area (Å²) in [6.07, 6.45) is 8.61. The molecule has 0 radical (unpaired) electrons. The Kier molecular flexibility index (Phi) is 3.74. The topological polar surface area (TPSA) is 26.3 Å². The van der Waals surface area contributed by atoms with Gasteiger partial charge in [0.05, 0.1) is 5.92 Å². The van der Waals surface area contributed by atoms with E-state index in [2.05, 4.69) is 6.58 Å². The van der Waals surface area contributed by atoms with Crippen molar-refractivity contribution in [3.8, 4) is 0 Å². The van der Waals surface area contributed by atoms with E-state index < -0.39 is 0 Å². The zero-order valence-corrected chi connectivity index (χ0v) is 8.03. The van der Waals surface area contributed by atoms with Gasteiger partial charge in [-0.1, -0.05) is 31.7 Å². The van der Waals surface area contributed by atoms with Crippen LogP contribution >= 0.6 is 0 Å². The van der Waals surface area contributed by atoms with Crippen LogP contribution in [0.2, 0.25) is 0 Å². The van der Waals surface area contributed by atoms with Gasteiger partial charge in [-0.25, -0.2) is 0 Å². The van der Waals surface area contributed by atoms with Crippen LogP contribution in [0, 0.1) is 5.92 Å². The molecule has 0 aromatic rings. The predicted octanol–water partition coefficient (Wildman–Crippen LogP) is 2.46. The molecule has 1 saturated heterocycles. The fourth-order valence-electron chi connectivity index (χ4n) is 1.47. The van der Waals surface area contributed by atoms with Crippen molar-refractivity contribution in [1.29, 1.82) is 0 Å². The predicted molar refractivity (Wildman–Crippen MR) is 52.2 cm³/mol. The molecule has 1 aliphatic heterocycles. The van der Waals surface area contributed by atoms with Crippen molar-refractivity contribution in [1.82, 2.24) is 0 Å². The van der Waals surface area contributed by atoms with Gasteiger partial charge in [0.2, 0.25) is 0 Å². The summed E-state index contributed by atoms with van der Waals surface area (Å²) in [6.45, 7) is 5.50. The molecule has 0 N–H and O–H groups in total. The first-order valence-corrected chi connectivity index (χ1v) is 4.72. The summed E-state index contributed by atoms with van der Waals surface area (Å²) in [5.41, 5.74) is 0. The molecular weight excluding hydrogens is 164 g/mol. The summed E-state index contributed by atoms with van der Waals surface area (Å²) < 4.78 is 5.16. The molecule has 0 spiro atoms. The van der Waals surface area contributed by atoms with E-state index in [1.165, 1.54) is 0 Å².